The van der Waals surface area contributed by atoms with E-state index >= 15 is 0 Å². The van der Waals surface area contributed by atoms with Gasteiger partial charge in [0.2, 0.25) is 5.91 Å². The third kappa shape index (κ3) is 16.5. The molecular formula is C30H48N2O7. The zero-order chi connectivity index (χ0) is 28.9. The van der Waals surface area contributed by atoms with E-state index in [0.29, 0.717) is 17.7 Å². The lowest BCUT2D eigenvalue weighted by molar-refractivity contribution is -0.153. The average molecular weight is 549 g/mol. The first-order chi connectivity index (χ1) is 18.8. The maximum absolute atomic E-state index is 13.0. The van der Waals surface area contributed by atoms with Gasteiger partial charge in [-0.2, -0.15) is 0 Å². The molecule has 9 nitrogen and oxygen atoms in total. The number of nitrogens with two attached hydrogens (primary N) is 1. The number of carboxylic acid groups (broad SMARTS) is 1. The first-order valence-electron chi connectivity index (χ1n) is 14.4. The number of methoxy groups -OCH3 is 1. The Morgan fingerprint density at radius 1 is 0.846 bits per heavy atom. The average Bonchev–Trinajstić information content (AvgIpc) is 2.90. The normalized spacial score (nSPS) is 12.4. The number of aliphatic carboxylic acids is 1. The number of primary amides is 1. The Hall–Kier alpha value is -3.10. The number of unbranched alkanes of at least 4 members (excludes halogenated alkanes) is 10. The quantitative estimate of drug-likeness (QED) is 0.120. The molecule has 4 N–H and O–H groups in total. The molecule has 1 rings (SSSR count). The van der Waals surface area contributed by atoms with Crippen molar-refractivity contribution in [3.05, 3.63) is 29.8 Å². The maximum Gasteiger partial charge on any atom is 0.328 e. The van der Waals surface area contributed by atoms with E-state index < -0.39 is 35.9 Å². The van der Waals surface area contributed by atoms with Gasteiger partial charge in [0.25, 0.3) is 5.91 Å². The molecule has 0 heterocycles. The summed E-state index contributed by atoms with van der Waals surface area (Å²) in [4.78, 5) is 48.4. The van der Waals surface area contributed by atoms with Crippen molar-refractivity contribution in [2.75, 3.05) is 7.11 Å². The van der Waals surface area contributed by atoms with E-state index in [2.05, 4.69) is 12.2 Å². The van der Waals surface area contributed by atoms with Gasteiger partial charge in [0.05, 0.1) is 13.5 Å². The van der Waals surface area contributed by atoms with Gasteiger partial charge in [0.15, 0.2) is 0 Å². The summed E-state index contributed by atoms with van der Waals surface area (Å²) >= 11 is 0. The molecule has 0 unspecified atom stereocenters. The van der Waals surface area contributed by atoms with Crippen molar-refractivity contribution >= 4 is 23.8 Å². The second kappa shape index (κ2) is 20.8. The van der Waals surface area contributed by atoms with Crippen LogP contribution in [0.1, 0.15) is 120 Å². The molecular weight excluding hydrogens is 500 g/mol. The third-order valence-electron chi connectivity index (χ3n) is 6.67. The van der Waals surface area contributed by atoms with Gasteiger partial charge < -0.3 is 25.6 Å². The number of carbonyl (C=O) groups is 4. The third-order valence-corrected chi connectivity index (χ3v) is 6.67. The van der Waals surface area contributed by atoms with E-state index in [0.717, 1.165) is 25.7 Å². The number of benzene rings is 1. The molecule has 0 fully saturated rings. The largest absolute Gasteiger partial charge is 0.497 e. The van der Waals surface area contributed by atoms with E-state index in [4.69, 9.17) is 20.3 Å². The van der Waals surface area contributed by atoms with E-state index in [9.17, 15) is 19.2 Å². The first-order valence-corrected chi connectivity index (χ1v) is 14.4. The molecule has 2 amide bonds. The van der Waals surface area contributed by atoms with Crippen LogP contribution in [-0.2, 0) is 19.1 Å². The van der Waals surface area contributed by atoms with E-state index in [1.807, 2.05) is 0 Å². The summed E-state index contributed by atoms with van der Waals surface area (Å²) in [5.41, 5.74) is 5.71. The number of carboxylic acids is 1. The molecule has 1 aromatic rings. The molecule has 0 spiro atoms. The minimum atomic E-state index is -1.05. The van der Waals surface area contributed by atoms with Crippen LogP contribution in [0.2, 0.25) is 0 Å². The minimum absolute atomic E-state index is 0.0920. The van der Waals surface area contributed by atoms with Gasteiger partial charge in [-0.05, 0) is 49.9 Å². The van der Waals surface area contributed by atoms with Crippen LogP contribution in [0, 0.1) is 0 Å². The van der Waals surface area contributed by atoms with Crippen molar-refractivity contribution in [2.45, 2.75) is 122 Å². The van der Waals surface area contributed by atoms with Crippen LogP contribution in [0.4, 0.5) is 0 Å². The van der Waals surface area contributed by atoms with Crippen molar-refractivity contribution in [3.8, 4) is 5.75 Å². The predicted octanol–water partition coefficient (Wildman–Crippen LogP) is 5.54. The number of carbonyl (C=O) groups excluding carboxylic acids is 3. The highest BCUT2D eigenvalue weighted by Gasteiger charge is 2.26. The highest BCUT2D eigenvalue weighted by Crippen LogP contribution is 2.17. The number of rotatable bonds is 23. The van der Waals surface area contributed by atoms with Gasteiger partial charge in [-0.1, -0.05) is 71.1 Å². The van der Waals surface area contributed by atoms with Crippen LogP contribution in [0.15, 0.2) is 24.3 Å². The lowest BCUT2D eigenvalue weighted by atomic mass is 10.0. The number of ether oxygens (including phenoxy) is 2. The predicted molar refractivity (Wildman–Crippen MR) is 151 cm³/mol. The summed E-state index contributed by atoms with van der Waals surface area (Å²) in [5, 5.41) is 11.6. The molecule has 0 radical (unpaired) electrons. The molecule has 0 aliphatic heterocycles. The number of hydrogen-bond acceptors (Lipinski definition) is 6. The van der Waals surface area contributed by atoms with Crippen molar-refractivity contribution in [2.24, 2.45) is 5.73 Å². The summed E-state index contributed by atoms with van der Waals surface area (Å²) in [6, 6.07) is 5.34. The van der Waals surface area contributed by atoms with Crippen LogP contribution >= 0.6 is 0 Å². The van der Waals surface area contributed by atoms with Crippen molar-refractivity contribution in [3.63, 3.8) is 0 Å². The van der Waals surface area contributed by atoms with Crippen molar-refractivity contribution in [1.29, 1.82) is 0 Å². The Balaban J connectivity index is 2.60. The van der Waals surface area contributed by atoms with E-state index in [1.54, 1.807) is 24.3 Å². The summed E-state index contributed by atoms with van der Waals surface area (Å²) in [6.07, 6.45) is 12.8. The molecule has 220 valence electrons. The van der Waals surface area contributed by atoms with Crippen LogP contribution in [-0.4, -0.2) is 48.1 Å². The monoisotopic (exact) mass is 548 g/mol. The molecule has 0 aromatic heterocycles. The molecule has 39 heavy (non-hydrogen) atoms. The molecule has 2 atom stereocenters. The summed E-state index contributed by atoms with van der Waals surface area (Å²) < 4.78 is 10.7. The van der Waals surface area contributed by atoms with Crippen LogP contribution in [0.3, 0.4) is 0 Å². The van der Waals surface area contributed by atoms with Gasteiger partial charge in [0, 0.05) is 12.0 Å². The molecule has 0 saturated carbocycles. The Labute approximate surface area is 233 Å². The highest BCUT2D eigenvalue weighted by molar-refractivity contribution is 5.96. The molecule has 1 aromatic carbocycles. The number of amides is 2. The SMILES string of the molecule is CCCCCCCCCCCCC[C@H](CC(N)=O)OC(=O)[C@@H](CCCC(=O)O)NC(=O)c1ccc(OC)cc1. The van der Waals surface area contributed by atoms with Crippen molar-refractivity contribution in [1.82, 2.24) is 5.32 Å². The molecule has 9 heteroatoms. The van der Waals surface area contributed by atoms with E-state index in [-0.39, 0.29) is 25.7 Å². The highest BCUT2D eigenvalue weighted by atomic mass is 16.5. The second-order valence-electron chi connectivity index (χ2n) is 10.1. The topological polar surface area (TPSA) is 145 Å². The number of esters is 1. The fourth-order valence-corrected chi connectivity index (χ4v) is 4.40. The number of nitrogens with one attached hydrogen (secondary N) is 1. The van der Waals surface area contributed by atoms with Gasteiger partial charge in [-0.15, -0.1) is 0 Å². The fraction of sp³-hybridized carbons (Fsp3) is 0.667. The Morgan fingerprint density at radius 3 is 1.92 bits per heavy atom. The van der Waals surface area contributed by atoms with Gasteiger partial charge in [-0.25, -0.2) is 4.79 Å². The Kier molecular flexibility index (Phi) is 18.1. The summed E-state index contributed by atoms with van der Waals surface area (Å²) in [6.45, 7) is 2.22. The summed E-state index contributed by atoms with van der Waals surface area (Å²) in [5.74, 6) is -2.17. The van der Waals surface area contributed by atoms with Gasteiger partial charge in [0.1, 0.15) is 17.9 Å². The standard InChI is InChI=1S/C30H48N2O7/c1-3-4-5-6-7-8-9-10-11-12-13-15-25(22-27(31)33)39-30(37)26(16-14-17-28(34)35)32-29(36)23-18-20-24(38-2)21-19-23/h18-21,25-26H,3-17,22H2,1-2H3,(H2,31,33)(H,32,36)(H,34,35)/t25-,26-/m1/s1. The molecule has 0 aliphatic carbocycles. The smallest absolute Gasteiger partial charge is 0.328 e. The zero-order valence-corrected chi connectivity index (χ0v) is 23.8. The van der Waals surface area contributed by atoms with Crippen molar-refractivity contribution < 1.29 is 33.8 Å². The lowest BCUT2D eigenvalue weighted by Gasteiger charge is -2.22. The Morgan fingerprint density at radius 2 is 1.41 bits per heavy atom. The second-order valence-corrected chi connectivity index (χ2v) is 10.1. The number of hydrogen-bond donors (Lipinski definition) is 3. The van der Waals surface area contributed by atoms with Gasteiger partial charge in [-0.3, -0.25) is 14.4 Å². The molecule has 0 aliphatic rings. The van der Waals surface area contributed by atoms with Gasteiger partial charge >= 0.3 is 11.9 Å². The lowest BCUT2D eigenvalue weighted by Crippen LogP contribution is -2.43. The van der Waals surface area contributed by atoms with Crippen LogP contribution < -0.4 is 15.8 Å². The van der Waals surface area contributed by atoms with Crippen LogP contribution in [0.25, 0.3) is 0 Å². The molecule has 0 bridgehead atoms. The first kappa shape index (κ1) is 33.9. The fourth-order valence-electron chi connectivity index (χ4n) is 4.40. The molecule has 0 saturated heterocycles. The van der Waals surface area contributed by atoms with Crippen LogP contribution in [0.5, 0.6) is 5.75 Å². The Bertz CT molecular complexity index is 857. The zero-order valence-electron chi connectivity index (χ0n) is 23.8. The maximum atomic E-state index is 13.0. The summed E-state index contributed by atoms with van der Waals surface area (Å²) in [7, 11) is 1.52. The minimum Gasteiger partial charge on any atom is -0.497 e. The van der Waals surface area contributed by atoms with E-state index in [1.165, 1.54) is 52.1 Å².